The third-order valence-corrected chi connectivity index (χ3v) is 7.22. The quantitative estimate of drug-likeness (QED) is 0.686. The molecule has 6 rings (SSSR count). The van der Waals surface area contributed by atoms with Crippen LogP contribution in [0.5, 0.6) is 0 Å². The van der Waals surface area contributed by atoms with Crippen LogP contribution in [0.4, 0.5) is 4.79 Å². The highest BCUT2D eigenvalue weighted by molar-refractivity contribution is 5.94. The number of hydrogen-bond acceptors (Lipinski definition) is 4. The van der Waals surface area contributed by atoms with Gasteiger partial charge in [-0.2, -0.15) is 0 Å². The first-order valence-corrected chi connectivity index (χ1v) is 11.6. The number of carbonyl (C=O) groups excluding carboxylic acids is 2. The average molecular weight is 459 g/mol. The van der Waals surface area contributed by atoms with Crippen molar-refractivity contribution in [3.05, 3.63) is 59.7 Å². The Morgan fingerprint density at radius 1 is 1.03 bits per heavy atom. The van der Waals surface area contributed by atoms with Gasteiger partial charge in [-0.1, -0.05) is 54.5 Å². The van der Waals surface area contributed by atoms with Gasteiger partial charge < -0.3 is 20.1 Å². The first-order chi connectivity index (χ1) is 16.5. The molecule has 3 unspecified atom stereocenters. The van der Waals surface area contributed by atoms with Crippen molar-refractivity contribution in [2.45, 2.75) is 31.2 Å². The second-order valence-corrected chi connectivity index (χ2v) is 9.13. The number of fused-ring (bicyclic) bond motifs is 6. The second-order valence-electron chi connectivity index (χ2n) is 9.13. The number of benzene rings is 2. The molecular weight excluding hydrogens is 432 g/mol. The van der Waals surface area contributed by atoms with Crippen molar-refractivity contribution < 1.29 is 24.2 Å². The van der Waals surface area contributed by atoms with E-state index in [1.54, 1.807) is 4.90 Å². The maximum Gasteiger partial charge on any atom is 0.407 e. The fraction of sp³-hybridized carbons (Fsp3) is 0.370. The minimum atomic E-state index is -0.850. The highest BCUT2D eigenvalue weighted by atomic mass is 16.5. The minimum Gasteiger partial charge on any atom is -0.481 e. The zero-order valence-corrected chi connectivity index (χ0v) is 18.7. The number of hydrogen-bond donors (Lipinski definition) is 2. The van der Waals surface area contributed by atoms with Gasteiger partial charge in [0.25, 0.3) is 5.91 Å². The number of carboxylic acids is 1. The zero-order valence-electron chi connectivity index (χ0n) is 18.7. The summed E-state index contributed by atoms with van der Waals surface area (Å²) in [6, 6.07) is 15.9. The van der Waals surface area contributed by atoms with E-state index < -0.39 is 18.0 Å². The van der Waals surface area contributed by atoms with Crippen LogP contribution < -0.4 is 5.32 Å². The molecule has 3 atom stereocenters. The molecule has 34 heavy (non-hydrogen) atoms. The molecule has 2 amide bonds. The molecule has 2 aliphatic carbocycles. The summed E-state index contributed by atoms with van der Waals surface area (Å²) in [7, 11) is 0. The Labute approximate surface area is 198 Å². The number of alkyl carbamates (subject to hydrolysis) is 1. The number of piperidine rings is 2. The summed E-state index contributed by atoms with van der Waals surface area (Å²) in [6.45, 7) is 0.744. The van der Waals surface area contributed by atoms with Gasteiger partial charge in [0, 0.05) is 18.5 Å². The molecule has 0 spiro atoms. The summed E-state index contributed by atoms with van der Waals surface area (Å²) < 4.78 is 5.47. The predicted molar refractivity (Wildman–Crippen MR) is 125 cm³/mol. The van der Waals surface area contributed by atoms with Gasteiger partial charge in [0.15, 0.2) is 0 Å². The predicted octanol–water partition coefficient (Wildman–Crippen LogP) is 3.24. The number of aliphatic carboxylic acids is 1. The Bertz CT molecular complexity index is 1150. The molecule has 0 radical (unpaired) electrons. The van der Waals surface area contributed by atoms with Gasteiger partial charge in [0.1, 0.15) is 6.61 Å². The van der Waals surface area contributed by atoms with Gasteiger partial charge in [-0.05, 0) is 53.4 Å². The Hall–Kier alpha value is -3.79. The molecule has 2 N–H and O–H groups in total. The lowest BCUT2D eigenvalue weighted by atomic mass is 9.72. The Balaban J connectivity index is 1.14. The molecule has 0 aromatic heterocycles. The van der Waals surface area contributed by atoms with Gasteiger partial charge in [-0.25, -0.2) is 4.79 Å². The van der Waals surface area contributed by atoms with E-state index >= 15 is 0 Å². The van der Waals surface area contributed by atoms with E-state index in [1.165, 1.54) is 0 Å². The van der Waals surface area contributed by atoms with E-state index in [-0.39, 0.29) is 36.9 Å². The normalized spacial score (nSPS) is 22.2. The van der Waals surface area contributed by atoms with Crippen molar-refractivity contribution in [3.8, 4) is 23.0 Å². The summed E-state index contributed by atoms with van der Waals surface area (Å²) in [5.74, 6) is 3.67. The fourth-order valence-electron chi connectivity index (χ4n) is 5.65. The number of amides is 2. The zero-order chi connectivity index (χ0) is 23.7. The monoisotopic (exact) mass is 458 g/mol. The van der Waals surface area contributed by atoms with Crippen LogP contribution in [0, 0.1) is 23.7 Å². The first kappa shape index (κ1) is 22.0. The van der Waals surface area contributed by atoms with Crippen molar-refractivity contribution in [1.29, 1.82) is 0 Å². The highest BCUT2D eigenvalue weighted by Gasteiger charge is 2.45. The van der Waals surface area contributed by atoms with Crippen molar-refractivity contribution in [3.63, 3.8) is 0 Å². The minimum absolute atomic E-state index is 0.0211. The highest BCUT2D eigenvalue weighted by Crippen LogP contribution is 2.44. The molecule has 2 saturated heterocycles. The molecule has 7 heteroatoms. The summed E-state index contributed by atoms with van der Waals surface area (Å²) in [5.41, 5.74) is 4.59. The van der Waals surface area contributed by atoms with Crippen molar-refractivity contribution in [2.75, 3.05) is 19.7 Å². The molecule has 174 valence electrons. The molecule has 7 nitrogen and oxygen atoms in total. The van der Waals surface area contributed by atoms with Gasteiger partial charge in [0.05, 0.1) is 12.5 Å². The molecule has 2 heterocycles. The molecule has 1 saturated carbocycles. The molecule has 2 bridgehead atoms. The number of rotatable bonds is 4. The standard InChI is InChI=1S/C27H26N2O5/c30-25(29-15-17-11-12-24(29)22(14-17)26(31)32)10-5-13-28-27(33)34-16-23-20-8-3-1-6-18(20)19-7-2-4-9-21(19)23/h1-4,6-9,17,22-24H,11-16H2,(H,28,33)(H,31,32). The Kier molecular flexibility index (Phi) is 5.97. The van der Waals surface area contributed by atoms with E-state index in [0.29, 0.717) is 19.4 Å². The number of carboxylic acid groups (broad SMARTS) is 1. The van der Waals surface area contributed by atoms with Gasteiger partial charge in [-0.15, -0.1) is 0 Å². The van der Waals surface area contributed by atoms with E-state index in [0.717, 1.165) is 28.7 Å². The smallest absolute Gasteiger partial charge is 0.407 e. The van der Waals surface area contributed by atoms with Crippen LogP contribution in [-0.4, -0.2) is 53.7 Å². The molecule has 3 fully saturated rings. The van der Waals surface area contributed by atoms with Crippen LogP contribution in [0.3, 0.4) is 0 Å². The number of carbonyl (C=O) groups is 3. The largest absolute Gasteiger partial charge is 0.481 e. The Morgan fingerprint density at radius 3 is 2.35 bits per heavy atom. The van der Waals surface area contributed by atoms with Gasteiger partial charge in [-0.3, -0.25) is 9.59 Å². The maximum atomic E-state index is 12.5. The SMILES string of the molecule is O=C(NCC#CC(=O)N1CC2CCC1C(C(=O)O)C2)OCC1c2ccccc2-c2ccccc21. The maximum absolute atomic E-state index is 12.5. The Morgan fingerprint density at radius 2 is 1.71 bits per heavy atom. The van der Waals surface area contributed by atoms with E-state index in [9.17, 15) is 19.5 Å². The van der Waals surface area contributed by atoms with Crippen LogP contribution in [0.2, 0.25) is 0 Å². The molecule has 4 aliphatic rings. The lowest BCUT2D eigenvalue weighted by molar-refractivity contribution is -0.153. The average Bonchev–Trinajstić information content (AvgIpc) is 3.19. The van der Waals surface area contributed by atoms with E-state index in [2.05, 4.69) is 41.4 Å². The molecule has 2 aliphatic heterocycles. The van der Waals surface area contributed by atoms with Crippen LogP contribution >= 0.6 is 0 Å². The van der Waals surface area contributed by atoms with Crippen LogP contribution in [0.25, 0.3) is 11.1 Å². The van der Waals surface area contributed by atoms with E-state index in [4.69, 9.17) is 4.74 Å². The van der Waals surface area contributed by atoms with Crippen LogP contribution in [0.15, 0.2) is 48.5 Å². The molecule has 2 aromatic carbocycles. The number of nitrogens with one attached hydrogen (secondary N) is 1. The third kappa shape index (κ3) is 4.12. The summed E-state index contributed by atoms with van der Waals surface area (Å²) >= 11 is 0. The first-order valence-electron chi connectivity index (χ1n) is 11.6. The van der Waals surface area contributed by atoms with Crippen molar-refractivity contribution in [1.82, 2.24) is 10.2 Å². The molecule has 2 aromatic rings. The lowest BCUT2D eigenvalue weighted by Crippen LogP contribution is -2.56. The number of nitrogens with zero attached hydrogens (tertiary/aromatic N) is 1. The van der Waals surface area contributed by atoms with E-state index in [1.807, 2.05) is 24.3 Å². The van der Waals surface area contributed by atoms with Crippen molar-refractivity contribution in [2.24, 2.45) is 11.8 Å². The third-order valence-electron chi connectivity index (χ3n) is 7.22. The topological polar surface area (TPSA) is 95.9 Å². The van der Waals surface area contributed by atoms with Gasteiger partial charge in [0.2, 0.25) is 0 Å². The second kappa shape index (κ2) is 9.22. The van der Waals surface area contributed by atoms with Gasteiger partial charge >= 0.3 is 12.1 Å². The van der Waals surface area contributed by atoms with Crippen LogP contribution in [-0.2, 0) is 14.3 Å². The van der Waals surface area contributed by atoms with Crippen molar-refractivity contribution >= 4 is 18.0 Å². The lowest BCUT2D eigenvalue weighted by Gasteiger charge is -2.47. The summed E-state index contributed by atoms with van der Waals surface area (Å²) in [4.78, 5) is 37.9. The summed E-state index contributed by atoms with van der Waals surface area (Å²) in [5, 5.41) is 12.0. The molecular formula is C27H26N2O5. The fourth-order valence-corrected chi connectivity index (χ4v) is 5.65. The van der Waals surface area contributed by atoms with Crippen LogP contribution in [0.1, 0.15) is 36.3 Å². The number of ether oxygens (including phenoxy) is 1. The summed E-state index contributed by atoms with van der Waals surface area (Å²) in [6.07, 6.45) is 1.69.